The molecule has 0 saturated heterocycles. The predicted molar refractivity (Wildman–Crippen MR) is 116 cm³/mol. The van der Waals surface area contributed by atoms with Gasteiger partial charge >= 0.3 is 0 Å². The van der Waals surface area contributed by atoms with Crippen LogP contribution in [0.2, 0.25) is 0 Å². The van der Waals surface area contributed by atoms with E-state index < -0.39 is 22.5 Å². The highest BCUT2D eigenvalue weighted by molar-refractivity contribution is 7.92. The first-order valence-electron chi connectivity index (χ1n) is 8.93. The smallest absolute Gasteiger partial charge is 0.260 e. The van der Waals surface area contributed by atoms with Gasteiger partial charge in [-0.05, 0) is 36.8 Å². The number of hydrazone groups is 1. The van der Waals surface area contributed by atoms with Crippen LogP contribution in [0.1, 0.15) is 19.4 Å². The number of anilines is 2. The van der Waals surface area contributed by atoms with Gasteiger partial charge in [0.1, 0.15) is 12.3 Å². The second-order valence-electron chi connectivity index (χ2n) is 6.46. The van der Waals surface area contributed by atoms with Crippen LogP contribution in [-0.2, 0) is 19.6 Å². The van der Waals surface area contributed by atoms with Crippen molar-refractivity contribution >= 4 is 38.9 Å². The summed E-state index contributed by atoms with van der Waals surface area (Å²) in [4.78, 5) is 23.4. The Morgan fingerprint density at radius 2 is 1.77 bits per heavy atom. The highest BCUT2D eigenvalue weighted by atomic mass is 32.2. The second kappa shape index (κ2) is 9.88. The lowest BCUT2D eigenvalue weighted by molar-refractivity contribution is -0.119. The molecule has 0 aliphatic rings. The minimum absolute atomic E-state index is 0.174. The monoisotopic (exact) mass is 432 g/mol. The summed E-state index contributed by atoms with van der Waals surface area (Å²) in [5, 5.41) is 6.69. The van der Waals surface area contributed by atoms with Crippen molar-refractivity contribution in [2.75, 3.05) is 29.5 Å². The molecule has 160 valence electrons. The van der Waals surface area contributed by atoms with Crippen molar-refractivity contribution in [2.45, 2.75) is 13.8 Å². The molecule has 0 spiro atoms. The number of amides is 2. The molecule has 0 radical (unpaired) electrons. The summed E-state index contributed by atoms with van der Waals surface area (Å²) in [5.41, 5.74) is 4.57. The van der Waals surface area contributed by atoms with E-state index in [2.05, 4.69) is 15.8 Å². The van der Waals surface area contributed by atoms with Crippen LogP contribution < -0.4 is 19.8 Å². The third-order valence-electron chi connectivity index (χ3n) is 4.00. The van der Waals surface area contributed by atoms with Crippen LogP contribution in [0.4, 0.5) is 11.4 Å². The molecule has 0 aliphatic heterocycles. The number of carbonyl (C=O) groups excluding carboxylic acids is 2. The largest absolute Gasteiger partial charge is 0.497 e. The molecule has 30 heavy (non-hydrogen) atoms. The number of ether oxygens (including phenoxy) is 1. The Morgan fingerprint density at radius 3 is 2.33 bits per heavy atom. The Bertz CT molecular complexity index is 1050. The van der Waals surface area contributed by atoms with Crippen LogP contribution in [0.25, 0.3) is 0 Å². The molecule has 0 aliphatic carbocycles. The Hall–Kier alpha value is -3.40. The van der Waals surface area contributed by atoms with Crippen LogP contribution in [0.3, 0.4) is 0 Å². The number of hydrogen-bond acceptors (Lipinski definition) is 6. The number of hydrogen-bond donors (Lipinski definition) is 2. The molecule has 0 heterocycles. The number of rotatable bonds is 8. The second-order valence-corrected chi connectivity index (χ2v) is 8.37. The molecule has 2 aromatic carbocycles. The lowest BCUT2D eigenvalue weighted by atomic mass is 10.1. The molecule has 0 bridgehead atoms. The summed E-state index contributed by atoms with van der Waals surface area (Å²) in [6.07, 6.45) is 1.02. The molecule has 2 aromatic rings. The summed E-state index contributed by atoms with van der Waals surface area (Å²) in [6, 6.07) is 13.3. The maximum absolute atomic E-state index is 12.3. The highest BCUT2D eigenvalue weighted by Crippen LogP contribution is 2.22. The van der Waals surface area contributed by atoms with Gasteiger partial charge in [-0.25, -0.2) is 13.8 Å². The molecule has 2 rings (SSSR count). The van der Waals surface area contributed by atoms with Gasteiger partial charge < -0.3 is 10.1 Å². The van der Waals surface area contributed by atoms with E-state index in [1.54, 1.807) is 49.4 Å². The fourth-order valence-corrected chi connectivity index (χ4v) is 3.39. The van der Waals surface area contributed by atoms with Crippen molar-refractivity contribution in [3.8, 4) is 5.75 Å². The van der Waals surface area contributed by atoms with Gasteiger partial charge in [0.05, 0.1) is 24.8 Å². The number of methoxy groups -OCH3 is 1. The third-order valence-corrected chi connectivity index (χ3v) is 5.14. The van der Waals surface area contributed by atoms with Gasteiger partial charge in [-0.2, -0.15) is 5.10 Å². The van der Waals surface area contributed by atoms with Crippen molar-refractivity contribution in [3.63, 3.8) is 0 Å². The van der Waals surface area contributed by atoms with Crippen LogP contribution in [-0.4, -0.2) is 45.9 Å². The van der Waals surface area contributed by atoms with Gasteiger partial charge in [0.2, 0.25) is 15.9 Å². The van der Waals surface area contributed by atoms with Gasteiger partial charge in [-0.15, -0.1) is 0 Å². The van der Waals surface area contributed by atoms with E-state index in [1.165, 1.54) is 20.1 Å². The SMILES string of the molecule is COc1cccc(N(CC(=O)N/N=C(/C)c2ccc(NC(C)=O)cc2)S(C)(=O)=O)c1. The topological polar surface area (TPSA) is 117 Å². The molecule has 10 heteroatoms. The molecular weight excluding hydrogens is 408 g/mol. The van der Waals surface area contributed by atoms with Crippen molar-refractivity contribution in [1.29, 1.82) is 0 Å². The van der Waals surface area contributed by atoms with Crippen LogP contribution in [0.15, 0.2) is 53.6 Å². The summed E-state index contributed by atoms with van der Waals surface area (Å²) >= 11 is 0. The zero-order chi connectivity index (χ0) is 22.3. The first-order valence-corrected chi connectivity index (χ1v) is 10.8. The van der Waals surface area contributed by atoms with Crippen LogP contribution >= 0.6 is 0 Å². The average Bonchev–Trinajstić information content (AvgIpc) is 2.69. The molecule has 9 nitrogen and oxygen atoms in total. The molecule has 2 N–H and O–H groups in total. The lowest BCUT2D eigenvalue weighted by Gasteiger charge is -2.21. The Morgan fingerprint density at radius 1 is 1.10 bits per heavy atom. The fraction of sp³-hybridized carbons (Fsp3) is 0.250. The molecule has 0 aromatic heterocycles. The molecule has 0 fully saturated rings. The van der Waals surface area contributed by atoms with Gasteiger partial charge in [-0.3, -0.25) is 13.9 Å². The van der Waals surface area contributed by atoms with Crippen LogP contribution in [0.5, 0.6) is 5.75 Å². The highest BCUT2D eigenvalue weighted by Gasteiger charge is 2.21. The molecule has 0 atom stereocenters. The van der Waals surface area contributed by atoms with E-state index >= 15 is 0 Å². The lowest BCUT2D eigenvalue weighted by Crippen LogP contribution is -2.39. The van der Waals surface area contributed by atoms with E-state index in [0.29, 0.717) is 22.8 Å². The summed E-state index contributed by atoms with van der Waals surface area (Å²) < 4.78 is 30.4. The summed E-state index contributed by atoms with van der Waals surface area (Å²) in [7, 11) is -2.24. The molecular formula is C20H24N4O5S. The Kier molecular flexibility index (Phi) is 7.54. The zero-order valence-corrected chi connectivity index (χ0v) is 18.0. The summed E-state index contributed by atoms with van der Waals surface area (Å²) in [6.45, 7) is 2.68. The zero-order valence-electron chi connectivity index (χ0n) is 17.2. The predicted octanol–water partition coefficient (Wildman–Crippen LogP) is 1.96. The molecule has 0 saturated carbocycles. The number of nitrogens with zero attached hydrogens (tertiary/aromatic N) is 2. The van der Waals surface area contributed by atoms with Crippen LogP contribution in [0, 0.1) is 0 Å². The van der Waals surface area contributed by atoms with E-state index in [-0.39, 0.29) is 5.91 Å². The van der Waals surface area contributed by atoms with E-state index in [9.17, 15) is 18.0 Å². The van der Waals surface area contributed by atoms with Crippen molar-refractivity contribution < 1.29 is 22.7 Å². The normalized spacial score (nSPS) is 11.5. The molecule has 0 unspecified atom stereocenters. The van der Waals surface area contributed by atoms with Crippen molar-refractivity contribution in [3.05, 3.63) is 54.1 Å². The minimum Gasteiger partial charge on any atom is -0.497 e. The van der Waals surface area contributed by atoms with Gasteiger partial charge in [0.25, 0.3) is 5.91 Å². The number of benzene rings is 2. The first-order chi connectivity index (χ1) is 14.1. The maximum Gasteiger partial charge on any atom is 0.260 e. The van der Waals surface area contributed by atoms with Gasteiger partial charge in [0, 0.05) is 18.7 Å². The van der Waals surface area contributed by atoms with E-state index in [0.717, 1.165) is 16.1 Å². The maximum atomic E-state index is 12.3. The third kappa shape index (κ3) is 6.59. The van der Waals surface area contributed by atoms with Gasteiger partial charge in [0.15, 0.2) is 0 Å². The quantitative estimate of drug-likeness (QED) is 0.488. The number of sulfonamides is 1. The van der Waals surface area contributed by atoms with Crippen molar-refractivity contribution in [1.82, 2.24) is 5.43 Å². The minimum atomic E-state index is -3.71. The number of carbonyl (C=O) groups is 2. The average molecular weight is 433 g/mol. The molecule has 2 amide bonds. The van der Waals surface area contributed by atoms with Gasteiger partial charge in [-0.1, -0.05) is 18.2 Å². The summed E-state index contributed by atoms with van der Waals surface area (Å²) in [5.74, 6) is -0.303. The first kappa shape index (κ1) is 22.9. The van der Waals surface area contributed by atoms with E-state index in [1.807, 2.05) is 0 Å². The van der Waals surface area contributed by atoms with Crippen molar-refractivity contribution in [2.24, 2.45) is 5.10 Å². The fourth-order valence-electron chi connectivity index (χ4n) is 2.54. The number of nitrogens with one attached hydrogen (secondary N) is 2. The Labute approximate surface area is 175 Å². The standard InChI is InChI=1S/C20H24N4O5S/c1-14(16-8-10-17(11-9-16)21-15(2)25)22-23-20(26)13-24(30(4,27)28)18-6-5-7-19(12-18)29-3/h5-12H,13H2,1-4H3,(H,21,25)(H,23,26)/b22-14-. The van der Waals surface area contributed by atoms with E-state index in [4.69, 9.17) is 4.74 Å². The Balaban J connectivity index is 2.10.